The standard InChI is InChI=1S/C16H24N2O2/c1-12(2)17-11-13-5-7-14(8-6-13)18-15(19)16(3)9-4-10-20-16/h5-8,12,17H,4,9-11H2,1-3H3,(H,18,19). The van der Waals surface area contributed by atoms with Gasteiger partial charge in [0, 0.05) is 24.9 Å². The van der Waals surface area contributed by atoms with E-state index in [1.54, 1.807) is 0 Å². The number of rotatable bonds is 5. The Hall–Kier alpha value is -1.39. The van der Waals surface area contributed by atoms with Crippen LogP contribution in [0.4, 0.5) is 5.69 Å². The first kappa shape index (κ1) is 15.0. The van der Waals surface area contributed by atoms with Crippen LogP contribution in [0.15, 0.2) is 24.3 Å². The topological polar surface area (TPSA) is 50.4 Å². The van der Waals surface area contributed by atoms with E-state index < -0.39 is 5.60 Å². The summed E-state index contributed by atoms with van der Waals surface area (Å²) < 4.78 is 5.54. The molecule has 0 bridgehead atoms. The molecule has 0 aliphatic carbocycles. The molecule has 110 valence electrons. The summed E-state index contributed by atoms with van der Waals surface area (Å²) in [5, 5.41) is 6.30. The molecule has 2 N–H and O–H groups in total. The maximum atomic E-state index is 12.2. The van der Waals surface area contributed by atoms with Gasteiger partial charge in [0.1, 0.15) is 5.60 Å². The fourth-order valence-corrected chi connectivity index (χ4v) is 2.25. The van der Waals surface area contributed by atoms with Gasteiger partial charge in [-0.1, -0.05) is 26.0 Å². The number of amides is 1. The second-order valence-corrected chi connectivity index (χ2v) is 5.87. The predicted octanol–water partition coefficient (Wildman–Crippen LogP) is 2.69. The largest absolute Gasteiger partial charge is 0.365 e. The smallest absolute Gasteiger partial charge is 0.256 e. The fourth-order valence-electron chi connectivity index (χ4n) is 2.25. The molecule has 2 rings (SSSR count). The second-order valence-electron chi connectivity index (χ2n) is 5.87. The maximum Gasteiger partial charge on any atom is 0.256 e. The van der Waals surface area contributed by atoms with E-state index in [0.29, 0.717) is 12.6 Å². The van der Waals surface area contributed by atoms with E-state index in [1.165, 1.54) is 5.56 Å². The van der Waals surface area contributed by atoms with E-state index in [2.05, 4.69) is 24.5 Å². The van der Waals surface area contributed by atoms with Gasteiger partial charge < -0.3 is 15.4 Å². The average molecular weight is 276 g/mol. The normalized spacial score (nSPS) is 22.2. The van der Waals surface area contributed by atoms with Crippen molar-refractivity contribution in [2.45, 2.75) is 51.8 Å². The number of nitrogens with one attached hydrogen (secondary N) is 2. The van der Waals surface area contributed by atoms with Gasteiger partial charge in [0.25, 0.3) is 5.91 Å². The molecule has 0 radical (unpaired) electrons. The summed E-state index contributed by atoms with van der Waals surface area (Å²) >= 11 is 0. The highest BCUT2D eigenvalue weighted by molar-refractivity contribution is 5.97. The van der Waals surface area contributed by atoms with Crippen molar-refractivity contribution >= 4 is 11.6 Å². The summed E-state index contributed by atoms with van der Waals surface area (Å²) in [5.74, 6) is -0.0527. The van der Waals surface area contributed by atoms with Crippen molar-refractivity contribution in [3.05, 3.63) is 29.8 Å². The van der Waals surface area contributed by atoms with Crippen LogP contribution in [0.3, 0.4) is 0 Å². The van der Waals surface area contributed by atoms with E-state index in [0.717, 1.165) is 25.1 Å². The highest BCUT2D eigenvalue weighted by Crippen LogP contribution is 2.26. The molecule has 1 aromatic rings. The van der Waals surface area contributed by atoms with Crippen molar-refractivity contribution in [2.75, 3.05) is 11.9 Å². The summed E-state index contributed by atoms with van der Waals surface area (Å²) in [4.78, 5) is 12.2. The fraction of sp³-hybridized carbons (Fsp3) is 0.562. The zero-order chi connectivity index (χ0) is 14.6. The number of benzene rings is 1. The molecule has 1 fully saturated rings. The number of hydrogen-bond acceptors (Lipinski definition) is 3. The van der Waals surface area contributed by atoms with Crippen molar-refractivity contribution in [1.82, 2.24) is 5.32 Å². The molecule has 4 heteroatoms. The Morgan fingerprint density at radius 2 is 2.05 bits per heavy atom. The summed E-state index contributed by atoms with van der Waals surface area (Å²) in [5.41, 5.74) is 1.36. The Morgan fingerprint density at radius 3 is 2.60 bits per heavy atom. The second kappa shape index (κ2) is 6.37. The Bertz CT molecular complexity index is 448. The van der Waals surface area contributed by atoms with Gasteiger partial charge in [-0.15, -0.1) is 0 Å². The lowest BCUT2D eigenvalue weighted by molar-refractivity contribution is -0.133. The lowest BCUT2D eigenvalue weighted by Crippen LogP contribution is -2.39. The number of ether oxygens (including phenoxy) is 1. The zero-order valence-corrected chi connectivity index (χ0v) is 12.5. The van der Waals surface area contributed by atoms with E-state index in [4.69, 9.17) is 4.74 Å². The molecule has 4 nitrogen and oxygen atoms in total. The van der Waals surface area contributed by atoms with Crippen LogP contribution in [-0.2, 0) is 16.1 Å². The van der Waals surface area contributed by atoms with Crippen LogP contribution in [-0.4, -0.2) is 24.2 Å². The number of hydrogen-bond donors (Lipinski definition) is 2. The minimum atomic E-state index is -0.669. The maximum absolute atomic E-state index is 12.2. The molecule has 1 aromatic carbocycles. The molecule has 0 spiro atoms. The van der Waals surface area contributed by atoms with Crippen LogP contribution >= 0.6 is 0 Å². The molecule has 1 heterocycles. The molecule has 1 aliphatic rings. The summed E-state index contributed by atoms with van der Waals surface area (Å²) in [6.45, 7) is 7.61. The highest BCUT2D eigenvalue weighted by Gasteiger charge is 2.37. The first-order chi connectivity index (χ1) is 9.49. The van der Waals surface area contributed by atoms with Crippen molar-refractivity contribution in [3.63, 3.8) is 0 Å². The van der Waals surface area contributed by atoms with E-state index in [1.807, 2.05) is 31.2 Å². The third-order valence-corrected chi connectivity index (χ3v) is 3.63. The quantitative estimate of drug-likeness (QED) is 0.869. The van der Waals surface area contributed by atoms with Gasteiger partial charge in [0.15, 0.2) is 0 Å². The average Bonchev–Trinajstić information content (AvgIpc) is 2.86. The molecule has 1 saturated heterocycles. The van der Waals surface area contributed by atoms with E-state index in [-0.39, 0.29) is 5.91 Å². The first-order valence-electron chi connectivity index (χ1n) is 7.27. The van der Waals surface area contributed by atoms with Gasteiger partial charge in [-0.25, -0.2) is 0 Å². The Balaban J connectivity index is 1.91. The number of anilines is 1. The molecular weight excluding hydrogens is 252 g/mol. The molecule has 1 atom stereocenters. The van der Waals surface area contributed by atoms with Crippen molar-refractivity contribution in [1.29, 1.82) is 0 Å². The van der Waals surface area contributed by atoms with Gasteiger partial charge in [0.05, 0.1) is 0 Å². The van der Waals surface area contributed by atoms with Gasteiger partial charge in [0.2, 0.25) is 0 Å². The molecule has 0 aromatic heterocycles. The van der Waals surface area contributed by atoms with Crippen LogP contribution in [0.1, 0.15) is 39.2 Å². The van der Waals surface area contributed by atoms with Crippen LogP contribution in [0.2, 0.25) is 0 Å². The highest BCUT2D eigenvalue weighted by atomic mass is 16.5. The first-order valence-corrected chi connectivity index (χ1v) is 7.27. The molecular formula is C16H24N2O2. The van der Waals surface area contributed by atoms with Crippen molar-refractivity contribution < 1.29 is 9.53 Å². The van der Waals surface area contributed by atoms with Gasteiger partial charge >= 0.3 is 0 Å². The van der Waals surface area contributed by atoms with Crippen molar-refractivity contribution in [3.8, 4) is 0 Å². The van der Waals surface area contributed by atoms with Gasteiger partial charge in [-0.3, -0.25) is 4.79 Å². The lowest BCUT2D eigenvalue weighted by atomic mass is 10.0. The van der Waals surface area contributed by atoms with Gasteiger partial charge in [-0.2, -0.15) is 0 Å². The summed E-state index contributed by atoms with van der Waals surface area (Å²) in [6, 6.07) is 8.40. The van der Waals surface area contributed by atoms with Crippen molar-refractivity contribution in [2.24, 2.45) is 0 Å². The Kier molecular flexibility index (Phi) is 4.78. The summed E-state index contributed by atoms with van der Waals surface area (Å²) in [7, 11) is 0. The minimum Gasteiger partial charge on any atom is -0.365 e. The van der Waals surface area contributed by atoms with E-state index in [9.17, 15) is 4.79 Å². The number of carbonyl (C=O) groups is 1. The third kappa shape index (κ3) is 3.81. The Labute approximate surface area is 120 Å². The number of carbonyl (C=O) groups excluding carboxylic acids is 1. The SMILES string of the molecule is CC(C)NCc1ccc(NC(=O)C2(C)CCCO2)cc1. The monoisotopic (exact) mass is 276 g/mol. The van der Waals surface area contributed by atoms with Crippen LogP contribution in [0.25, 0.3) is 0 Å². The summed E-state index contributed by atoms with van der Waals surface area (Å²) in [6.07, 6.45) is 1.74. The van der Waals surface area contributed by atoms with Gasteiger partial charge in [-0.05, 0) is 37.5 Å². The van der Waals surface area contributed by atoms with Crippen LogP contribution in [0, 0.1) is 0 Å². The molecule has 1 aliphatic heterocycles. The third-order valence-electron chi connectivity index (χ3n) is 3.63. The van der Waals surface area contributed by atoms with E-state index >= 15 is 0 Å². The predicted molar refractivity (Wildman–Crippen MR) is 80.6 cm³/mol. The molecule has 20 heavy (non-hydrogen) atoms. The lowest BCUT2D eigenvalue weighted by Gasteiger charge is -2.22. The van der Waals surface area contributed by atoms with Crippen LogP contribution < -0.4 is 10.6 Å². The van der Waals surface area contributed by atoms with Crippen LogP contribution in [0.5, 0.6) is 0 Å². The Morgan fingerprint density at radius 1 is 1.35 bits per heavy atom. The molecule has 0 saturated carbocycles. The molecule has 1 unspecified atom stereocenters. The zero-order valence-electron chi connectivity index (χ0n) is 12.5. The minimum absolute atomic E-state index is 0.0527. The molecule has 1 amide bonds.